The lowest BCUT2D eigenvalue weighted by molar-refractivity contribution is -0.182. The first-order chi connectivity index (χ1) is 9.49. The van der Waals surface area contributed by atoms with E-state index in [1.54, 1.807) is 0 Å². The maximum absolute atomic E-state index is 12.6. The number of hydrogen-bond donors (Lipinski definition) is 1. The van der Waals surface area contributed by atoms with Gasteiger partial charge in [0, 0.05) is 6.04 Å². The van der Waals surface area contributed by atoms with E-state index in [2.05, 4.69) is 12.2 Å². The SMILES string of the molecule is CCC1CCC(CNC2CCC(C(F)(F)F)CC2)CC1. The van der Waals surface area contributed by atoms with Gasteiger partial charge in [-0.15, -0.1) is 0 Å². The molecule has 1 N–H and O–H groups in total. The Kier molecular flexibility index (Phi) is 5.76. The molecular formula is C16H28F3N. The van der Waals surface area contributed by atoms with Crippen molar-refractivity contribution in [2.75, 3.05) is 6.54 Å². The first-order valence-corrected chi connectivity index (χ1v) is 8.29. The van der Waals surface area contributed by atoms with Gasteiger partial charge in [-0.1, -0.05) is 26.2 Å². The summed E-state index contributed by atoms with van der Waals surface area (Å²) >= 11 is 0. The van der Waals surface area contributed by atoms with Crippen molar-refractivity contribution in [3.63, 3.8) is 0 Å². The molecule has 0 bridgehead atoms. The van der Waals surface area contributed by atoms with E-state index in [9.17, 15) is 13.2 Å². The molecule has 20 heavy (non-hydrogen) atoms. The predicted molar refractivity (Wildman–Crippen MR) is 75.5 cm³/mol. The number of hydrogen-bond acceptors (Lipinski definition) is 1. The minimum absolute atomic E-state index is 0.309. The van der Waals surface area contributed by atoms with Gasteiger partial charge in [-0.3, -0.25) is 0 Å². The molecule has 4 heteroatoms. The van der Waals surface area contributed by atoms with Gasteiger partial charge in [-0.2, -0.15) is 13.2 Å². The van der Waals surface area contributed by atoms with Crippen molar-refractivity contribution in [1.29, 1.82) is 0 Å². The highest BCUT2D eigenvalue weighted by Crippen LogP contribution is 2.37. The van der Waals surface area contributed by atoms with Gasteiger partial charge in [0.1, 0.15) is 0 Å². The molecule has 0 spiro atoms. The molecule has 118 valence electrons. The quantitative estimate of drug-likeness (QED) is 0.775. The average Bonchev–Trinajstić information content (AvgIpc) is 2.45. The first kappa shape index (κ1) is 16.1. The van der Waals surface area contributed by atoms with E-state index in [0.717, 1.165) is 18.4 Å². The summed E-state index contributed by atoms with van der Waals surface area (Å²) in [5, 5.41) is 3.53. The van der Waals surface area contributed by atoms with E-state index in [-0.39, 0.29) is 0 Å². The highest BCUT2D eigenvalue weighted by molar-refractivity contribution is 4.82. The molecule has 1 nitrogen and oxygen atoms in total. The summed E-state index contributed by atoms with van der Waals surface area (Å²) in [5.74, 6) is 0.604. The first-order valence-electron chi connectivity index (χ1n) is 8.29. The topological polar surface area (TPSA) is 12.0 Å². The van der Waals surface area contributed by atoms with Crippen LogP contribution in [0.2, 0.25) is 0 Å². The molecule has 0 amide bonds. The summed E-state index contributed by atoms with van der Waals surface area (Å²) in [6.45, 7) is 3.28. The van der Waals surface area contributed by atoms with E-state index >= 15 is 0 Å². The van der Waals surface area contributed by atoms with Crippen LogP contribution in [-0.4, -0.2) is 18.8 Å². The van der Waals surface area contributed by atoms with Crippen molar-refractivity contribution in [3.05, 3.63) is 0 Å². The number of halogens is 3. The normalized spacial score (nSPS) is 36.0. The van der Waals surface area contributed by atoms with Crippen molar-refractivity contribution in [1.82, 2.24) is 5.32 Å². The second-order valence-electron chi connectivity index (χ2n) is 6.79. The van der Waals surface area contributed by atoms with Gasteiger partial charge in [-0.25, -0.2) is 0 Å². The van der Waals surface area contributed by atoms with Gasteiger partial charge in [-0.05, 0) is 56.9 Å². The second-order valence-corrected chi connectivity index (χ2v) is 6.79. The minimum atomic E-state index is -3.98. The van der Waals surface area contributed by atoms with Crippen molar-refractivity contribution in [3.8, 4) is 0 Å². The zero-order valence-corrected chi connectivity index (χ0v) is 12.5. The molecular weight excluding hydrogens is 263 g/mol. The molecule has 0 radical (unpaired) electrons. The molecule has 2 saturated carbocycles. The Bertz CT molecular complexity index is 274. The molecule has 2 rings (SSSR count). The van der Waals surface area contributed by atoms with Crippen LogP contribution in [0.4, 0.5) is 13.2 Å². The molecule has 0 heterocycles. The van der Waals surface area contributed by atoms with E-state index in [1.165, 1.54) is 32.1 Å². The van der Waals surface area contributed by atoms with Crippen LogP contribution < -0.4 is 5.32 Å². The molecule has 0 unspecified atom stereocenters. The molecule has 0 atom stereocenters. The highest BCUT2D eigenvalue weighted by Gasteiger charge is 2.41. The second kappa shape index (κ2) is 7.15. The molecule has 0 aromatic rings. The van der Waals surface area contributed by atoms with Crippen LogP contribution in [0.3, 0.4) is 0 Å². The summed E-state index contributed by atoms with van der Waals surface area (Å²) in [6.07, 6.45) is 4.57. The number of rotatable bonds is 4. The van der Waals surface area contributed by atoms with Gasteiger partial charge in [0.05, 0.1) is 5.92 Å². The molecule has 2 aliphatic carbocycles. The zero-order chi connectivity index (χ0) is 14.6. The Hall–Kier alpha value is -0.250. The Labute approximate surface area is 120 Å². The van der Waals surface area contributed by atoms with Crippen molar-refractivity contribution in [2.45, 2.75) is 76.9 Å². The maximum atomic E-state index is 12.6. The number of nitrogens with one attached hydrogen (secondary N) is 1. The molecule has 0 aromatic heterocycles. The molecule has 0 saturated heterocycles. The molecule has 0 aliphatic heterocycles. The maximum Gasteiger partial charge on any atom is 0.391 e. The fraction of sp³-hybridized carbons (Fsp3) is 1.00. The van der Waals surface area contributed by atoms with Crippen LogP contribution in [0.25, 0.3) is 0 Å². The van der Waals surface area contributed by atoms with Gasteiger partial charge >= 0.3 is 6.18 Å². The summed E-state index contributed by atoms with van der Waals surface area (Å²) in [7, 11) is 0. The smallest absolute Gasteiger partial charge is 0.314 e. The lowest BCUT2D eigenvalue weighted by atomic mass is 9.80. The van der Waals surface area contributed by atoms with Gasteiger partial charge < -0.3 is 5.32 Å². The third kappa shape index (κ3) is 4.64. The summed E-state index contributed by atoms with van der Waals surface area (Å²) in [6, 6.07) is 0.317. The fourth-order valence-electron chi connectivity index (χ4n) is 3.80. The molecule has 2 aliphatic rings. The summed E-state index contributed by atoms with van der Waals surface area (Å²) < 4.78 is 37.8. The summed E-state index contributed by atoms with van der Waals surface area (Å²) in [5.41, 5.74) is 0. The minimum Gasteiger partial charge on any atom is -0.314 e. The van der Waals surface area contributed by atoms with Gasteiger partial charge in [0.25, 0.3) is 0 Å². The largest absolute Gasteiger partial charge is 0.391 e. The van der Waals surface area contributed by atoms with Crippen LogP contribution in [-0.2, 0) is 0 Å². The lowest BCUT2D eigenvalue weighted by Gasteiger charge is -2.33. The Morgan fingerprint density at radius 3 is 1.90 bits per heavy atom. The predicted octanol–water partition coefficient (Wildman–Crippen LogP) is 4.91. The van der Waals surface area contributed by atoms with Crippen molar-refractivity contribution in [2.24, 2.45) is 17.8 Å². The fourth-order valence-corrected chi connectivity index (χ4v) is 3.80. The Morgan fingerprint density at radius 1 is 0.850 bits per heavy atom. The standard InChI is InChI=1S/C16H28F3N/c1-2-12-3-5-13(6-4-12)11-20-15-9-7-14(8-10-15)16(17,18)19/h12-15,20H,2-11H2,1H3. The van der Waals surface area contributed by atoms with Crippen molar-refractivity contribution < 1.29 is 13.2 Å². The summed E-state index contributed by atoms with van der Waals surface area (Å²) in [4.78, 5) is 0. The average molecular weight is 291 g/mol. The van der Waals surface area contributed by atoms with Crippen molar-refractivity contribution >= 4 is 0 Å². The van der Waals surface area contributed by atoms with E-state index in [1.807, 2.05) is 0 Å². The third-order valence-electron chi connectivity index (χ3n) is 5.43. The highest BCUT2D eigenvalue weighted by atomic mass is 19.4. The van der Waals surface area contributed by atoms with Crippen LogP contribution in [0.15, 0.2) is 0 Å². The monoisotopic (exact) mass is 291 g/mol. The Balaban J connectivity index is 1.62. The van der Waals surface area contributed by atoms with Crippen LogP contribution >= 0.6 is 0 Å². The Morgan fingerprint density at radius 2 is 1.40 bits per heavy atom. The van der Waals surface area contributed by atoms with Crippen LogP contribution in [0.1, 0.15) is 64.7 Å². The van der Waals surface area contributed by atoms with Gasteiger partial charge in [0.2, 0.25) is 0 Å². The molecule has 2 fully saturated rings. The van der Waals surface area contributed by atoms with E-state index in [4.69, 9.17) is 0 Å². The van der Waals surface area contributed by atoms with Crippen LogP contribution in [0, 0.1) is 17.8 Å². The van der Waals surface area contributed by atoms with Crippen LogP contribution in [0.5, 0.6) is 0 Å². The van der Waals surface area contributed by atoms with E-state index < -0.39 is 12.1 Å². The lowest BCUT2D eigenvalue weighted by Crippen LogP contribution is -2.39. The van der Waals surface area contributed by atoms with Gasteiger partial charge in [0.15, 0.2) is 0 Å². The van der Waals surface area contributed by atoms with E-state index in [0.29, 0.717) is 31.7 Å². The zero-order valence-electron chi connectivity index (χ0n) is 12.5. The third-order valence-corrected chi connectivity index (χ3v) is 5.43. The number of alkyl halides is 3. The molecule has 0 aromatic carbocycles.